The number of nitrogens with one attached hydrogen (secondary N) is 1. The molecule has 1 saturated heterocycles. The van der Waals surface area contributed by atoms with E-state index in [1.165, 1.54) is 5.56 Å². The molecule has 2 aliphatic heterocycles. The van der Waals surface area contributed by atoms with Crippen LogP contribution in [0.2, 0.25) is 0 Å². The number of rotatable bonds is 7. The van der Waals surface area contributed by atoms with Gasteiger partial charge in [-0.1, -0.05) is 48.2 Å². The fraction of sp³-hybridized carbons (Fsp3) is 0.308. The van der Waals surface area contributed by atoms with Crippen LogP contribution in [0.5, 0.6) is 0 Å². The van der Waals surface area contributed by atoms with Gasteiger partial charge in [0.1, 0.15) is 5.65 Å². The summed E-state index contributed by atoms with van der Waals surface area (Å²) in [5, 5.41) is 4.22. The van der Waals surface area contributed by atoms with Crippen molar-refractivity contribution in [3.63, 3.8) is 0 Å². The SMILES string of the molecule is O=C(/C=C/C1=Cc2cnc3cccc(n23)S1)NCC1CCN(CCc2ccccc2)CC1. The molecule has 1 fully saturated rings. The number of amides is 1. The standard InChI is InChI=1S/C26H28N4OS/c31-25(10-9-23-17-22-19-27-24-7-4-8-26(32-23)30(22)24)28-18-21-12-15-29(16-13-21)14-11-20-5-2-1-3-6-20/h1-10,17,19,21H,11-16,18H2,(H,28,31)/b10-9+. The van der Waals surface area contributed by atoms with Gasteiger partial charge in [-0.3, -0.25) is 9.20 Å². The number of allylic oxidation sites excluding steroid dienone is 1. The lowest BCUT2D eigenvalue weighted by Gasteiger charge is -2.32. The molecule has 0 bridgehead atoms. The number of hydrogen-bond donors (Lipinski definition) is 1. The molecule has 1 N–H and O–H groups in total. The van der Waals surface area contributed by atoms with Gasteiger partial charge in [0.05, 0.1) is 16.9 Å². The molecule has 164 valence electrons. The largest absolute Gasteiger partial charge is 0.352 e. The van der Waals surface area contributed by atoms with Crippen molar-refractivity contribution < 1.29 is 4.79 Å². The Hall–Kier alpha value is -2.83. The van der Waals surface area contributed by atoms with E-state index in [0.29, 0.717) is 5.92 Å². The number of likely N-dealkylation sites (tertiary alicyclic amines) is 1. The summed E-state index contributed by atoms with van der Waals surface area (Å²) in [5.74, 6) is 0.547. The fourth-order valence-corrected chi connectivity index (χ4v) is 5.39. The van der Waals surface area contributed by atoms with E-state index in [9.17, 15) is 4.79 Å². The second-order valence-corrected chi connectivity index (χ2v) is 9.58. The summed E-state index contributed by atoms with van der Waals surface area (Å²) in [6.07, 6.45) is 10.9. The zero-order chi connectivity index (χ0) is 21.8. The molecular weight excluding hydrogens is 416 g/mol. The van der Waals surface area contributed by atoms with Crippen LogP contribution < -0.4 is 5.32 Å². The van der Waals surface area contributed by atoms with Gasteiger partial charge >= 0.3 is 0 Å². The highest BCUT2D eigenvalue weighted by molar-refractivity contribution is 8.03. The first-order valence-corrected chi connectivity index (χ1v) is 12.1. The average molecular weight is 445 g/mol. The minimum Gasteiger partial charge on any atom is -0.352 e. The minimum atomic E-state index is -0.0182. The van der Waals surface area contributed by atoms with E-state index in [0.717, 1.165) is 66.7 Å². The third kappa shape index (κ3) is 4.97. The van der Waals surface area contributed by atoms with Crippen LogP contribution in [0.1, 0.15) is 24.1 Å². The van der Waals surface area contributed by atoms with Crippen molar-refractivity contribution in [2.45, 2.75) is 24.3 Å². The second-order valence-electron chi connectivity index (χ2n) is 8.49. The Labute approximate surface area is 193 Å². The lowest BCUT2D eigenvalue weighted by Crippen LogP contribution is -2.39. The molecule has 0 spiro atoms. The molecule has 0 aliphatic carbocycles. The number of imidazole rings is 1. The average Bonchev–Trinajstić information content (AvgIpc) is 3.26. The smallest absolute Gasteiger partial charge is 0.244 e. The molecule has 1 amide bonds. The van der Waals surface area contributed by atoms with Crippen molar-refractivity contribution >= 4 is 29.4 Å². The van der Waals surface area contributed by atoms with E-state index in [1.54, 1.807) is 17.8 Å². The van der Waals surface area contributed by atoms with Crippen molar-refractivity contribution in [3.05, 3.63) is 83.0 Å². The molecule has 2 aromatic heterocycles. The number of nitrogens with zero attached hydrogens (tertiary/aromatic N) is 3. The van der Waals surface area contributed by atoms with Crippen LogP contribution >= 0.6 is 11.8 Å². The molecule has 32 heavy (non-hydrogen) atoms. The summed E-state index contributed by atoms with van der Waals surface area (Å²) >= 11 is 1.66. The van der Waals surface area contributed by atoms with Crippen molar-refractivity contribution in [1.29, 1.82) is 0 Å². The monoisotopic (exact) mass is 444 g/mol. The normalized spacial score (nSPS) is 17.1. The Morgan fingerprint density at radius 1 is 1.12 bits per heavy atom. The van der Waals surface area contributed by atoms with Crippen LogP contribution in [-0.2, 0) is 11.2 Å². The van der Waals surface area contributed by atoms with Gasteiger partial charge in [-0.05, 0) is 68.1 Å². The molecule has 4 heterocycles. The first kappa shape index (κ1) is 21.0. The molecule has 3 aromatic rings. The number of carbonyl (C=O) groups excluding carboxylic acids is 1. The van der Waals surface area contributed by atoms with Gasteiger partial charge in [-0.15, -0.1) is 0 Å². The number of thioether (sulfide) groups is 1. The molecule has 5 nitrogen and oxygen atoms in total. The summed E-state index contributed by atoms with van der Waals surface area (Å²) in [7, 11) is 0. The highest BCUT2D eigenvalue weighted by Gasteiger charge is 2.19. The topological polar surface area (TPSA) is 49.6 Å². The minimum absolute atomic E-state index is 0.0182. The maximum atomic E-state index is 12.4. The van der Waals surface area contributed by atoms with Crippen LogP contribution in [0.15, 0.2) is 76.8 Å². The molecule has 5 rings (SSSR count). The lowest BCUT2D eigenvalue weighted by molar-refractivity contribution is -0.116. The molecule has 0 unspecified atom stereocenters. The number of hydrogen-bond acceptors (Lipinski definition) is 4. The summed E-state index contributed by atoms with van der Waals surface area (Å²) in [5.41, 5.74) is 3.41. The van der Waals surface area contributed by atoms with Crippen LogP contribution in [0, 0.1) is 5.92 Å². The maximum Gasteiger partial charge on any atom is 0.244 e. The highest BCUT2D eigenvalue weighted by atomic mass is 32.2. The fourth-order valence-electron chi connectivity index (χ4n) is 4.40. The second kappa shape index (κ2) is 9.76. The van der Waals surface area contributed by atoms with Gasteiger partial charge in [0.15, 0.2) is 0 Å². The van der Waals surface area contributed by atoms with Gasteiger partial charge in [0.25, 0.3) is 0 Å². The number of pyridine rings is 1. The number of piperidine rings is 1. The number of carbonyl (C=O) groups is 1. The first-order chi connectivity index (χ1) is 15.7. The van der Waals surface area contributed by atoms with E-state index in [1.807, 2.05) is 24.4 Å². The Balaban J connectivity index is 1.06. The van der Waals surface area contributed by atoms with Crippen molar-refractivity contribution in [2.24, 2.45) is 5.92 Å². The maximum absolute atomic E-state index is 12.4. The first-order valence-electron chi connectivity index (χ1n) is 11.3. The molecule has 0 atom stereocenters. The van der Waals surface area contributed by atoms with E-state index in [-0.39, 0.29) is 5.91 Å². The quantitative estimate of drug-likeness (QED) is 0.549. The Morgan fingerprint density at radius 3 is 2.81 bits per heavy atom. The van der Waals surface area contributed by atoms with Crippen LogP contribution in [-0.4, -0.2) is 46.4 Å². The highest BCUT2D eigenvalue weighted by Crippen LogP contribution is 2.34. The number of aromatic nitrogens is 2. The molecule has 0 radical (unpaired) electrons. The molecule has 1 aromatic carbocycles. The third-order valence-electron chi connectivity index (χ3n) is 6.26. The molecule has 2 aliphatic rings. The Bertz CT molecular complexity index is 1140. The molecule has 6 heteroatoms. The zero-order valence-electron chi connectivity index (χ0n) is 18.1. The summed E-state index contributed by atoms with van der Waals surface area (Å²) in [4.78, 5) is 20.4. The van der Waals surface area contributed by atoms with Crippen LogP contribution in [0.3, 0.4) is 0 Å². The van der Waals surface area contributed by atoms with Gasteiger partial charge in [-0.2, -0.15) is 0 Å². The number of benzene rings is 1. The Kier molecular flexibility index (Phi) is 6.41. The van der Waals surface area contributed by atoms with Gasteiger partial charge in [0, 0.05) is 24.1 Å². The van der Waals surface area contributed by atoms with Crippen molar-refractivity contribution in [3.8, 4) is 0 Å². The summed E-state index contributed by atoms with van der Waals surface area (Å²) in [6, 6.07) is 16.8. The predicted molar refractivity (Wildman–Crippen MR) is 130 cm³/mol. The van der Waals surface area contributed by atoms with Crippen LogP contribution in [0.4, 0.5) is 0 Å². The summed E-state index contributed by atoms with van der Waals surface area (Å²) in [6.45, 7) is 4.11. The van der Waals surface area contributed by atoms with E-state index in [4.69, 9.17) is 0 Å². The Morgan fingerprint density at radius 2 is 1.97 bits per heavy atom. The van der Waals surface area contributed by atoms with E-state index < -0.39 is 0 Å². The van der Waals surface area contributed by atoms with Gasteiger partial charge in [-0.25, -0.2) is 4.98 Å². The predicted octanol–water partition coefficient (Wildman–Crippen LogP) is 4.41. The van der Waals surface area contributed by atoms with E-state index in [2.05, 4.69) is 62.1 Å². The third-order valence-corrected chi connectivity index (χ3v) is 7.28. The lowest BCUT2D eigenvalue weighted by atomic mass is 9.96. The molecular formula is C26H28N4OS. The van der Waals surface area contributed by atoms with Gasteiger partial charge in [0.2, 0.25) is 5.91 Å². The molecule has 0 saturated carbocycles. The zero-order valence-corrected chi connectivity index (χ0v) is 18.9. The summed E-state index contributed by atoms with van der Waals surface area (Å²) < 4.78 is 2.13. The van der Waals surface area contributed by atoms with Gasteiger partial charge < -0.3 is 10.2 Å². The van der Waals surface area contributed by atoms with Crippen molar-refractivity contribution in [1.82, 2.24) is 19.6 Å². The van der Waals surface area contributed by atoms with Crippen LogP contribution in [0.25, 0.3) is 11.7 Å². The van der Waals surface area contributed by atoms with Crippen molar-refractivity contribution in [2.75, 3.05) is 26.2 Å². The van der Waals surface area contributed by atoms with E-state index >= 15 is 0 Å².